The number of esters is 1. The summed E-state index contributed by atoms with van der Waals surface area (Å²) in [4.78, 5) is 17.6. The normalized spacial score (nSPS) is 11.3. The van der Waals surface area contributed by atoms with Gasteiger partial charge in [0.05, 0.1) is 21.0 Å². The second-order valence-electron chi connectivity index (χ2n) is 6.60. The van der Waals surface area contributed by atoms with Crippen LogP contribution in [0.4, 0.5) is 5.69 Å². The summed E-state index contributed by atoms with van der Waals surface area (Å²) in [7, 11) is -3.86. The third-order valence-corrected chi connectivity index (χ3v) is 7.29. The molecule has 164 valence electrons. The average molecular weight is 470 g/mol. The van der Waals surface area contributed by atoms with Gasteiger partial charge in [-0.3, -0.25) is 4.31 Å². The molecule has 0 radical (unpaired) electrons. The summed E-state index contributed by atoms with van der Waals surface area (Å²) in [6, 6.07) is 18.2. The molecule has 0 aliphatic carbocycles. The molecule has 0 amide bonds. The van der Waals surface area contributed by atoms with Crippen LogP contribution in [-0.2, 0) is 21.4 Å². The topological polar surface area (TPSA) is 103 Å². The predicted octanol–water partition coefficient (Wildman–Crippen LogP) is 4.37. The van der Waals surface area contributed by atoms with Gasteiger partial charge in [-0.2, -0.15) is 4.98 Å². The second kappa shape index (κ2) is 9.33. The highest BCUT2D eigenvalue weighted by Gasteiger charge is 2.24. The van der Waals surface area contributed by atoms with Gasteiger partial charge in [-0.15, -0.1) is 11.3 Å². The molecule has 0 fully saturated rings. The van der Waals surface area contributed by atoms with E-state index in [1.165, 1.54) is 39.9 Å². The molecule has 0 bridgehead atoms. The molecular formula is C22H19N3O5S2. The lowest BCUT2D eigenvalue weighted by Crippen LogP contribution is -2.30. The number of carbonyl (C=O) groups is 1. The van der Waals surface area contributed by atoms with Crippen LogP contribution in [0.25, 0.3) is 10.7 Å². The van der Waals surface area contributed by atoms with Crippen LogP contribution in [0.2, 0.25) is 0 Å². The zero-order chi connectivity index (χ0) is 22.6. The largest absolute Gasteiger partial charge is 0.452 e. The van der Waals surface area contributed by atoms with Crippen molar-refractivity contribution in [3.8, 4) is 10.7 Å². The van der Waals surface area contributed by atoms with E-state index in [1.807, 2.05) is 23.6 Å². The van der Waals surface area contributed by atoms with Crippen LogP contribution in [0.15, 0.2) is 81.5 Å². The number of para-hydroxylation sites is 1. The molecule has 0 N–H and O–H groups in total. The van der Waals surface area contributed by atoms with E-state index in [2.05, 4.69) is 10.1 Å². The average Bonchev–Trinajstić information content (AvgIpc) is 3.51. The van der Waals surface area contributed by atoms with Gasteiger partial charge in [-0.05, 0) is 48.7 Å². The summed E-state index contributed by atoms with van der Waals surface area (Å²) < 4.78 is 38.0. The summed E-state index contributed by atoms with van der Waals surface area (Å²) in [5.74, 6) is -0.132. The van der Waals surface area contributed by atoms with E-state index in [9.17, 15) is 13.2 Å². The first-order valence-corrected chi connectivity index (χ1v) is 12.0. The van der Waals surface area contributed by atoms with Crippen molar-refractivity contribution in [3.63, 3.8) is 0 Å². The van der Waals surface area contributed by atoms with Crippen molar-refractivity contribution in [2.24, 2.45) is 0 Å². The van der Waals surface area contributed by atoms with Crippen molar-refractivity contribution in [1.82, 2.24) is 10.1 Å². The monoisotopic (exact) mass is 469 g/mol. The first kappa shape index (κ1) is 21.7. The Morgan fingerprint density at radius 3 is 2.62 bits per heavy atom. The maximum atomic E-state index is 13.2. The SMILES string of the molecule is CCN(c1ccccc1)S(=O)(=O)c1cccc(C(=O)OCc2nc(-c3cccs3)no2)c1. The van der Waals surface area contributed by atoms with E-state index in [-0.39, 0.29) is 29.5 Å². The predicted molar refractivity (Wildman–Crippen MR) is 120 cm³/mol. The number of benzene rings is 2. The number of carbonyl (C=O) groups excluding carboxylic acids is 1. The smallest absolute Gasteiger partial charge is 0.338 e. The lowest BCUT2D eigenvalue weighted by Gasteiger charge is -2.23. The van der Waals surface area contributed by atoms with Crippen LogP contribution < -0.4 is 4.31 Å². The number of hydrogen-bond acceptors (Lipinski definition) is 8. The standard InChI is InChI=1S/C22H19N3O5S2/c1-2-25(17-9-4-3-5-10-17)32(27,28)18-11-6-8-16(14-18)22(26)29-15-20-23-21(24-30-20)19-12-7-13-31-19/h3-14H,2,15H2,1H3. The molecular weight excluding hydrogens is 450 g/mol. The zero-order valence-corrected chi connectivity index (χ0v) is 18.7. The van der Waals surface area contributed by atoms with E-state index >= 15 is 0 Å². The molecule has 0 aliphatic heterocycles. The summed E-state index contributed by atoms with van der Waals surface area (Å²) in [6.45, 7) is 1.77. The number of thiophene rings is 1. The van der Waals surface area contributed by atoms with Gasteiger partial charge in [0.25, 0.3) is 15.9 Å². The molecule has 2 aromatic carbocycles. The number of rotatable bonds is 8. The van der Waals surface area contributed by atoms with Crippen molar-refractivity contribution in [3.05, 3.63) is 83.6 Å². The Morgan fingerprint density at radius 2 is 1.91 bits per heavy atom. The third-order valence-electron chi connectivity index (χ3n) is 4.53. The number of nitrogens with zero attached hydrogens (tertiary/aromatic N) is 3. The fourth-order valence-corrected chi connectivity index (χ4v) is 5.20. The molecule has 32 heavy (non-hydrogen) atoms. The van der Waals surface area contributed by atoms with Gasteiger partial charge < -0.3 is 9.26 Å². The lowest BCUT2D eigenvalue weighted by molar-refractivity contribution is 0.0429. The number of ether oxygens (including phenoxy) is 1. The minimum Gasteiger partial charge on any atom is -0.452 e. The fourth-order valence-electron chi connectivity index (χ4n) is 3.03. The minimum atomic E-state index is -3.86. The number of sulfonamides is 1. The Morgan fingerprint density at radius 1 is 1.09 bits per heavy atom. The van der Waals surface area contributed by atoms with Gasteiger partial charge in [0, 0.05) is 6.54 Å². The Balaban J connectivity index is 1.49. The van der Waals surface area contributed by atoms with Crippen molar-refractivity contribution in [2.45, 2.75) is 18.4 Å². The van der Waals surface area contributed by atoms with Gasteiger partial charge in [0.1, 0.15) is 0 Å². The second-order valence-corrected chi connectivity index (χ2v) is 9.41. The Labute approximate surface area is 189 Å². The highest BCUT2D eigenvalue weighted by atomic mass is 32.2. The molecule has 0 saturated heterocycles. The third kappa shape index (κ3) is 4.56. The van der Waals surface area contributed by atoms with Gasteiger partial charge >= 0.3 is 5.97 Å². The molecule has 0 unspecified atom stereocenters. The van der Waals surface area contributed by atoms with Crippen LogP contribution in [0.1, 0.15) is 23.2 Å². The van der Waals surface area contributed by atoms with Crippen LogP contribution in [0.3, 0.4) is 0 Å². The highest BCUT2D eigenvalue weighted by Crippen LogP contribution is 2.24. The minimum absolute atomic E-state index is 0.00424. The first-order chi connectivity index (χ1) is 15.5. The quantitative estimate of drug-likeness (QED) is 0.353. The maximum absolute atomic E-state index is 13.2. The van der Waals surface area contributed by atoms with Crippen LogP contribution >= 0.6 is 11.3 Å². The molecule has 4 aromatic rings. The summed E-state index contributed by atoms with van der Waals surface area (Å²) in [6.07, 6.45) is 0. The summed E-state index contributed by atoms with van der Waals surface area (Å²) >= 11 is 1.46. The summed E-state index contributed by atoms with van der Waals surface area (Å²) in [5, 5.41) is 5.75. The van der Waals surface area contributed by atoms with Crippen LogP contribution in [-0.4, -0.2) is 31.1 Å². The van der Waals surface area contributed by atoms with Crippen LogP contribution in [0, 0.1) is 0 Å². The molecule has 0 saturated carbocycles. The van der Waals surface area contributed by atoms with E-state index in [4.69, 9.17) is 9.26 Å². The van der Waals surface area contributed by atoms with Gasteiger partial charge in [-0.1, -0.05) is 35.5 Å². The van der Waals surface area contributed by atoms with Crippen molar-refractivity contribution in [2.75, 3.05) is 10.8 Å². The molecule has 2 heterocycles. The number of aromatic nitrogens is 2. The van der Waals surface area contributed by atoms with E-state index in [1.54, 1.807) is 31.2 Å². The molecule has 2 aromatic heterocycles. The van der Waals surface area contributed by atoms with Crippen molar-refractivity contribution < 1.29 is 22.5 Å². The zero-order valence-electron chi connectivity index (χ0n) is 17.0. The van der Waals surface area contributed by atoms with Crippen molar-refractivity contribution in [1.29, 1.82) is 0 Å². The Bertz CT molecular complexity index is 1300. The molecule has 4 rings (SSSR count). The fraction of sp³-hybridized carbons (Fsp3) is 0.136. The molecule has 0 spiro atoms. The molecule has 8 nitrogen and oxygen atoms in total. The highest BCUT2D eigenvalue weighted by molar-refractivity contribution is 7.92. The maximum Gasteiger partial charge on any atom is 0.338 e. The van der Waals surface area contributed by atoms with Crippen molar-refractivity contribution >= 4 is 33.0 Å². The molecule has 0 aliphatic rings. The van der Waals surface area contributed by atoms with Gasteiger partial charge in [0.2, 0.25) is 5.82 Å². The van der Waals surface area contributed by atoms with E-state index < -0.39 is 16.0 Å². The Kier molecular flexibility index (Phi) is 6.33. The number of hydrogen-bond donors (Lipinski definition) is 0. The van der Waals surface area contributed by atoms with E-state index in [0.29, 0.717) is 11.5 Å². The molecule has 10 heteroatoms. The van der Waals surface area contributed by atoms with Gasteiger partial charge in [0.15, 0.2) is 6.61 Å². The Hall–Kier alpha value is -3.50. The number of anilines is 1. The van der Waals surface area contributed by atoms with E-state index in [0.717, 1.165) is 4.88 Å². The lowest BCUT2D eigenvalue weighted by atomic mass is 10.2. The van der Waals surface area contributed by atoms with Gasteiger partial charge in [-0.25, -0.2) is 13.2 Å². The summed E-state index contributed by atoms with van der Waals surface area (Å²) in [5.41, 5.74) is 0.647. The van der Waals surface area contributed by atoms with Crippen LogP contribution in [0.5, 0.6) is 0 Å². The first-order valence-electron chi connectivity index (χ1n) is 9.70. The molecule has 0 atom stereocenters.